The lowest BCUT2D eigenvalue weighted by Gasteiger charge is -2.35. The zero-order valence-electron chi connectivity index (χ0n) is 18.1. The van der Waals surface area contributed by atoms with Crippen LogP contribution in [0.4, 0.5) is 4.79 Å². The zero-order chi connectivity index (χ0) is 21.0. The summed E-state index contributed by atoms with van der Waals surface area (Å²) in [5.41, 5.74) is 0.762. The Morgan fingerprint density at radius 1 is 1.10 bits per heavy atom. The van der Waals surface area contributed by atoms with E-state index in [9.17, 15) is 9.59 Å². The number of benzene rings is 1. The normalized spacial score (nSPS) is 23.3. The molecular weight excluding hydrogens is 368 g/mol. The molecule has 6 heteroatoms. The van der Waals surface area contributed by atoms with E-state index in [2.05, 4.69) is 24.3 Å². The fourth-order valence-corrected chi connectivity index (χ4v) is 4.24. The summed E-state index contributed by atoms with van der Waals surface area (Å²) in [4.78, 5) is 29.4. The number of piperidine rings is 1. The SMILES string of the molecule is COC1CC(C(=O)N2CCC(Cc3ccccc3)CC2)N(C(=O)OC(C)(C)C)C1. The van der Waals surface area contributed by atoms with Crippen molar-refractivity contribution in [1.82, 2.24) is 9.80 Å². The van der Waals surface area contributed by atoms with Gasteiger partial charge in [0.2, 0.25) is 5.91 Å². The van der Waals surface area contributed by atoms with Crippen LogP contribution in [0.2, 0.25) is 0 Å². The Bertz CT molecular complexity index is 693. The Morgan fingerprint density at radius 3 is 2.34 bits per heavy atom. The van der Waals surface area contributed by atoms with Crippen molar-refractivity contribution >= 4 is 12.0 Å². The molecule has 2 aliphatic heterocycles. The van der Waals surface area contributed by atoms with Gasteiger partial charge in [0.1, 0.15) is 11.6 Å². The van der Waals surface area contributed by atoms with Gasteiger partial charge in [-0.05, 0) is 51.5 Å². The fraction of sp³-hybridized carbons (Fsp3) is 0.652. The number of likely N-dealkylation sites (tertiary alicyclic amines) is 2. The molecule has 1 aromatic rings. The first kappa shape index (κ1) is 21.6. The van der Waals surface area contributed by atoms with E-state index >= 15 is 0 Å². The van der Waals surface area contributed by atoms with Gasteiger partial charge in [0.25, 0.3) is 0 Å². The van der Waals surface area contributed by atoms with Crippen LogP contribution in [0.5, 0.6) is 0 Å². The zero-order valence-corrected chi connectivity index (χ0v) is 18.1. The summed E-state index contributed by atoms with van der Waals surface area (Å²) in [6, 6.07) is 10.0. The smallest absolute Gasteiger partial charge is 0.411 e. The highest BCUT2D eigenvalue weighted by Gasteiger charge is 2.43. The lowest BCUT2D eigenvalue weighted by Crippen LogP contribution is -2.51. The highest BCUT2D eigenvalue weighted by atomic mass is 16.6. The monoisotopic (exact) mass is 402 g/mol. The number of carbonyl (C=O) groups is 2. The second-order valence-corrected chi connectivity index (χ2v) is 9.20. The van der Waals surface area contributed by atoms with Gasteiger partial charge in [-0.2, -0.15) is 0 Å². The molecule has 0 aliphatic carbocycles. The van der Waals surface area contributed by atoms with E-state index in [1.807, 2.05) is 31.7 Å². The molecule has 0 bridgehead atoms. The van der Waals surface area contributed by atoms with Crippen LogP contribution in [0.25, 0.3) is 0 Å². The summed E-state index contributed by atoms with van der Waals surface area (Å²) in [6.07, 6.45) is 3.00. The van der Waals surface area contributed by atoms with E-state index in [0.29, 0.717) is 18.9 Å². The minimum Gasteiger partial charge on any atom is -0.444 e. The van der Waals surface area contributed by atoms with Gasteiger partial charge < -0.3 is 14.4 Å². The number of hydrogen-bond acceptors (Lipinski definition) is 4. The minimum atomic E-state index is -0.592. The van der Waals surface area contributed by atoms with E-state index in [1.165, 1.54) is 5.56 Å². The maximum Gasteiger partial charge on any atom is 0.411 e. The van der Waals surface area contributed by atoms with Gasteiger partial charge in [0.05, 0.1) is 12.6 Å². The van der Waals surface area contributed by atoms with Crippen molar-refractivity contribution in [3.8, 4) is 0 Å². The van der Waals surface area contributed by atoms with Gasteiger partial charge in [-0.25, -0.2) is 4.79 Å². The average molecular weight is 403 g/mol. The van der Waals surface area contributed by atoms with Gasteiger partial charge in [0, 0.05) is 26.6 Å². The van der Waals surface area contributed by atoms with Crippen LogP contribution >= 0.6 is 0 Å². The largest absolute Gasteiger partial charge is 0.444 e. The van der Waals surface area contributed by atoms with E-state index in [4.69, 9.17) is 9.47 Å². The molecule has 0 spiro atoms. The summed E-state index contributed by atoms with van der Waals surface area (Å²) in [7, 11) is 1.62. The Kier molecular flexibility index (Phi) is 6.83. The number of nitrogens with zero attached hydrogens (tertiary/aromatic N) is 2. The van der Waals surface area contributed by atoms with E-state index in [1.54, 1.807) is 12.0 Å². The van der Waals surface area contributed by atoms with Crippen molar-refractivity contribution in [2.45, 2.75) is 64.2 Å². The molecule has 0 N–H and O–H groups in total. The van der Waals surface area contributed by atoms with Crippen molar-refractivity contribution in [2.24, 2.45) is 5.92 Å². The lowest BCUT2D eigenvalue weighted by atomic mass is 9.90. The molecule has 2 aliphatic rings. The highest BCUT2D eigenvalue weighted by molar-refractivity contribution is 5.86. The number of carbonyl (C=O) groups excluding carboxylic acids is 2. The third kappa shape index (κ3) is 5.72. The van der Waals surface area contributed by atoms with Crippen molar-refractivity contribution in [3.05, 3.63) is 35.9 Å². The van der Waals surface area contributed by atoms with Crippen LogP contribution in [0.15, 0.2) is 30.3 Å². The molecule has 2 saturated heterocycles. The van der Waals surface area contributed by atoms with Crippen LogP contribution < -0.4 is 0 Å². The molecule has 1 aromatic carbocycles. The molecule has 29 heavy (non-hydrogen) atoms. The van der Waals surface area contributed by atoms with Crippen LogP contribution in [0.3, 0.4) is 0 Å². The summed E-state index contributed by atoms with van der Waals surface area (Å²) >= 11 is 0. The topological polar surface area (TPSA) is 59.1 Å². The first-order valence-electron chi connectivity index (χ1n) is 10.6. The minimum absolute atomic E-state index is 0.0218. The standard InChI is InChI=1S/C23H34N2O4/c1-23(2,3)29-22(27)25-16-19(28-4)15-20(25)21(26)24-12-10-18(11-13-24)14-17-8-6-5-7-9-17/h5-9,18-20H,10-16H2,1-4H3. The molecule has 2 amide bonds. The van der Waals surface area contributed by atoms with E-state index in [-0.39, 0.29) is 12.0 Å². The summed E-state index contributed by atoms with van der Waals surface area (Å²) < 4.78 is 11.0. The quantitative estimate of drug-likeness (QED) is 0.774. The van der Waals surface area contributed by atoms with Gasteiger partial charge >= 0.3 is 6.09 Å². The highest BCUT2D eigenvalue weighted by Crippen LogP contribution is 2.27. The molecule has 0 radical (unpaired) electrons. The van der Waals surface area contributed by atoms with E-state index < -0.39 is 17.7 Å². The predicted molar refractivity (Wildman–Crippen MR) is 112 cm³/mol. The molecule has 6 nitrogen and oxygen atoms in total. The summed E-state index contributed by atoms with van der Waals surface area (Å²) in [6.45, 7) is 7.39. The average Bonchev–Trinajstić information content (AvgIpc) is 3.12. The Hall–Kier alpha value is -2.08. The summed E-state index contributed by atoms with van der Waals surface area (Å²) in [5, 5.41) is 0. The van der Waals surface area contributed by atoms with Crippen LogP contribution in [-0.4, -0.2) is 66.3 Å². The second kappa shape index (κ2) is 9.16. The van der Waals surface area contributed by atoms with E-state index in [0.717, 1.165) is 32.4 Å². The number of hydrogen-bond donors (Lipinski definition) is 0. The molecule has 2 fully saturated rings. The maximum atomic E-state index is 13.2. The Labute approximate surface area is 174 Å². The number of ether oxygens (including phenoxy) is 2. The van der Waals surface area contributed by atoms with Crippen molar-refractivity contribution in [3.63, 3.8) is 0 Å². The number of amides is 2. The Morgan fingerprint density at radius 2 is 1.76 bits per heavy atom. The lowest BCUT2D eigenvalue weighted by molar-refractivity contribution is -0.137. The summed E-state index contributed by atoms with van der Waals surface area (Å²) in [5.74, 6) is 0.618. The molecule has 0 aromatic heterocycles. The molecule has 2 heterocycles. The van der Waals surface area contributed by atoms with Gasteiger partial charge in [0.15, 0.2) is 0 Å². The third-order valence-electron chi connectivity index (χ3n) is 5.80. The Balaban J connectivity index is 1.58. The molecule has 2 atom stereocenters. The first-order valence-corrected chi connectivity index (χ1v) is 10.6. The van der Waals surface area contributed by atoms with Crippen LogP contribution in [-0.2, 0) is 20.7 Å². The molecular formula is C23H34N2O4. The first-order chi connectivity index (χ1) is 13.8. The van der Waals surface area contributed by atoms with Gasteiger partial charge in [-0.15, -0.1) is 0 Å². The van der Waals surface area contributed by atoms with Crippen molar-refractivity contribution < 1.29 is 19.1 Å². The molecule has 0 saturated carbocycles. The van der Waals surface area contributed by atoms with Gasteiger partial charge in [-0.3, -0.25) is 9.69 Å². The molecule has 3 rings (SSSR count). The van der Waals surface area contributed by atoms with Crippen LogP contribution in [0.1, 0.15) is 45.6 Å². The fourth-order valence-electron chi connectivity index (χ4n) is 4.24. The third-order valence-corrected chi connectivity index (χ3v) is 5.80. The maximum absolute atomic E-state index is 13.2. The number of methoxy groups -OCH3 is 1. The van der Waals surface area contributed by atoms with Crippen LogP contribution in [0, 0.1) is 5.92 Å². The molecule has 160 valence electrons. The second-order valence-electron chi connectivity index (χ2n) is 9.20. The number of rotatable bonds is 4. The predicted octanol–water partition coefficient (Wildman–Crippen LogP) is 3.49. The van der Waals surface area contributed by atoms with Crippen molar-refractivity contribution in [2.75, 3.05) is 26.7 Å². The van der Waals surface area contributed by atoms with Crippen molar-refractivity contribution in [1.29, 1.82) is 0 Å². The van der Waals surface area contributed by atoms with Gasteiger partial charge in [-0.1, -0.05) is 30.3 Å². The molecule has 2 unspecified atom stereocenters.